The van der Waals surface area contributed by atoms with Crippen molar-refractivity contribution in [2.45, 2.75) is 38.1 Å². The van der Waals surface area contributed by atoms with Crippen molar-refractivity contribution in [2.24, 2.45) is 11.7 Å². The van der Waals surface area contributed by atoms with Crippen LogP contribution in [0.15, 0.2) is 0 Å². The zero-order chi connectivity index (χ0) is 7.40. The molecule has 0 spiro atoms. The summed E-state index contributed by atoms with van der Waals surface area (Å²) in [4.78, 5) is 0. The Balaban J connectivity index is 2.33. The first-order valence-corrected chi connectivity index (χ1v) is 4.00. The lowest BCUT2D eigenvalue weighted by molar-refractivity contribution is 0.336. The van der Waals surface area contributed by atoms with Crippen LogP contribution in [-0.2, 0) is 0 Å². The van der Waals surface area contributed by atoms with Gasteiger partial charge in [-0.15, -0.1) is 0 Å². The van der Waals surface area contributed by atoms with Gasteiger partial charge in [0.1, 0.15) is 0 Å². The lowest BCUT2D eigenvalue weighted by Gasteiger charge is -2.22. The molecule has 10 heavy (non-hydrogen) atoms. The van der Waals surface area contributed by atoms with Gasteiger partial charge in [0.05, 0.1) is 12.1 Å². The van der Waals surface area contributed by atoms with Crippen LogP contribution in [0.3, 0.4) is 0 Å². The monoisotopic (exact) mass is 138 g/mol. The fourth-order valence-electron chi connectivity index (χ4n) is 1.60. The van der Waals surface area contributed by atoms with Gasteiger partial charge in [0, 0.05) is 0 Å². The molecule has 0 aliphatic heterocycles. The van der Waals surface area contributed by atoms with Crippen LogP contribution in [0.4, 0.5) is 0 Å². The second-order valence-electron chi connectivity index (χ2n) is 3.05. The number of hydrogen-bond acceptors (Lipinski definition) is 2. The zero-order valence-corrected chi connectivity index (χ0v) is 6.21. The number of nitriles is 1. The standard InChI is InChI=1S/C8H14N2/c9-6-8(10)7-4-2-1-3-5-7/h7-8H,1-5,10H2/t8-/m1/s1. The summed E-state index contributed by atoms with van der Waals surface area (Å²) in [6, 6.07) is 1.90. The molecule has 1 fully saturated rings. The van der Waals surface area contributed by atoms with Crippen LogP contribution >= 0.6 is 0 Å². The molecule has 0 aromatic carbocycles. The Bertz CT molecular complexity index is 131. The lowest BCUT2D eigenvalue weighted by Crippen LogP contribution is -2.29. The molecular weight excluding hydrogens is 124 g/mol. The molecule has 1 aliphatic carbocycles. The normalized spacial score (nSPS) is 23.6. The molecule has 0 saturated heterocycles. The molecule has 2 N–H and O–H groups in total. The second-order valence-corrected chi connectivity index (χ2v) is 3.05. The Labute approximate surface area is 62.0 Å². The topological polar surface area (TPSA) is 49.8 Å². The van der Waals surface area contributed by atoms with Gasteiger partial charge in [-0.1, -0.05) is 19.3 Å². The average molecular weight is 138 g/mol. The third kappa shape index (κ3) is 1.71. The van der Waals surface area contributed by atoms with Crippen LogP contribution in [0.5, 0.6) is 0 Å². The predicted molar refractivity (Wildman–Crippen MR) is 40.2 cm³/mol. The van der Waals surface area contributed by atoms with Gasteiger partial charge in [-0.25, -0.2) is 0 Å². The molecule has 56 valence electrons. The quantitative estimate of drug-likeness (QED) is 0.595. The third-order valence-corrected chi connectivity index (χ3v) is 2.31. The molecule has 0 aromatic heterocycles. The fourth-order valence-corrected chi connectivity index (χ4v) is 1.60. The highest BCUT2D eigenvalue weighted by Crippen LogP contribution is 2.25. The Morgan fingerprint density at radius 2 is 1.90 bits per heavy atom. The molecule has 1 rings (SSSR count). The van der Waals surface area contributed by atoms with Crippen molar-refractivity contribution in [2.75, 3.05) is 0 Å². The summed E-state index contributed by atoms with van der Waals surface area (Å²) in [7, 11) is 0. The molecule has 0 bridgehead atoms. The van der Waals surface area contributed by atoms with E-state index >= 15 is 0 Å². The first kappa shape index (κ1) is 7.56. The molecule has 0 radical (unpaired) electrons. The van der Waals surface area contributed by atoms with E-state index in [1.807, 2.05) is 0 Å². The summed E-state index contributed by atoms with van der Waals surface area (Å²) >= 11 is 0. The Hall–Kier alpha value is -0.550. The van der Waals surface area contributed by atoms with Gasteiger partial charge in [-0.05, 0) is 18.8 Å². The largest absolute Gasteiger partial charge is 0.316 e. The molecule has 1 saturated carbocycles. The van der Waals surface area contributed by atoms with Crippen LogP contribution < -0.4 is 5.73 Å². The van der Waals surface area contributed by atoms with Gasteiger partial charge in [-0.3, -0.25) is 0 Å². The van der Waals surface area contributed by atoms with Crippen molar-refractivity contribution < 1.29 is 0 Å². The van der Waals surface area contributed by atoms with Gasteiger partial charge in [0.2, 0.25) is 0 Å². The summed E-state index contributed by atoms with van der Waals surface area (Å²) < 4.78 is 0. The second kappa shape index (κ2) is 3.58. The fraction of sp³-hybridized carbons (Fsp3) is 0.875. The van der Waals surface area contributed by atoms with E-state index in [0.29, 0.717) is 5.92 Å². The summed E-state index contributed by atoms with van der Waals surface area (Å²) in [6.45, 7) is 0. The molecule has 0 amide bonds. The van der Waals surface area contributed by atoms with Gasteiger partial charge in [0.15, 0.2) is 0 Å². The minimum absolute atomic E-state index is 0.208. The van der Waals surface area contributed by atoms with E-state index in [0.717, 1.165) is 12.8 Å². The van der Waals surface area contributed by atoms with Crippen molar-refractivity contribution in [3.63, 3.8) is 0 Å². The van der Waals surface area contributed by atoms with Crippen LogP contribution in [0.2, 0.25) is 0 Å². The molecule has 0 unspecified atom stereocenters. The van der Waals surface area contributed by atoms with Crippen LogP contribution in [0.25, 0.3) is 0 Å². The Morgan fingerprint density at radius 3 is 2.40 bits per heavy atom. The summed E-state index contributed by atoms with van der Waals surface area (Å²) in [5.41, 5.74) is 5.59. The van der Waals surface area contributed by atoms with Crippen molar-refractivity contribution in [3.8, 4) is 6.07 Å². The van der Waals surface area contributed by atoms with Crippen molar-refractivity contribution in [1.82, 2.24) is 0 Å². The summed E-state index contributed by atoms with van der Waals surface area (Å²) in [6.07, 6.45) is 6.18. The lowest BCUT2D eigenvalue weighted by atomic mass is 9.85. The Morgan fingerprint density at radius 1 is 1.30 bits per heavy atom. The number of rotatable bonds is 1. The van der Waals surface area contributed by atoms with E-state index < -0.39 is 0 Å². The molecule has 0 aromatic rings. The third-order valence-electron chi connectivity index (χ3n) is 2.31. The minimum Gasteiger partial charge on any atom is -0.316 e. The molecule has 2 nitrogen and oxygen atoms in total. The van der Waals surface area contributed by atoms with Crippen molar-refractivity contribution >= 4 is 0 Å². The first-order chi connectivity index (χ1) is 4.84. The SMILES string of the molecule is N#C[C@@H](N)C1CCCCC1. The predicted octanol–water partition coefficient (Wildman–Crippen LogP) is 1.42. The first-order valence-electron chi connectivity index (χ1n) is 4.00. The highest BCUT2D eigenvalue weighted by molar-refractivity contribution is 4.92. The minimum atomic E-state index is -0.208. The molecular formula is C8H14N2. The average Bonchev–Trinajstić information content (AvgIpc) is 2.05. The molecule has 1 aliphatic rings. The summed E-state index contributed by atoms with van der Waals surface area (Å²) in [5, 5.41) is 8.51. The molecule has 1 atom stereocenters. The van der Waals surface area contributed by atoms with E-state index in [1.165, 1.54) is 19.3 Å². The molecule has 2 heteroatoms. The maximum Gasteiger partial charge on any atom is 0.0956 e. The van der Waals surface area contributed by atoms with Crippen LogP contribution in [-0.4, -0.2) is 6.04 Å². The molecule has 0 heterocycles. The number of nitrogens with two attached hydrogens (primary N) is 1. The maximum absolute atomic E-state index is 8.51. The van der Waals surface area contributed by atoms with Gasteiger partial charge >= 0.3 is 0 Å². The van der Waals surface area contributed by atoms with Gasteiger partial charge < -0.3 is 5.73 Å². The van der Waals surface area contributed by atoms with E-state index in [1.54, 1.807) is 0 Å². The van der Waals surface area contributed by atoms with E-state index in [4.69, 9.17) is 11.0 Å². The van der Waals surface area contributed by atoms with Crippen molar-refractivity contribution in [3.05, 3.63) is 0 Å². The van der Waals surface area contributed by atoms with Crippen molar-refractivity contribution in [1.29, 1.82) is 5.26 Å². The van der Waals surface area contributed by atoms with E-state index in [-0.39, 0.29) is 6.04 Å². The van der Waals surface area contributed by atoms with Crippen LogP contribution in [0, 0.1) is 17.2 Å². The zero-order valence-electron chi connectivity index (χ0n) is 6.21. The van der Waals surface area contributed by atoms with E-state index in [9.17, 15) is 0 Å². The van der Waals surface area contributed by atoms with Gasteiger partial charge in [0.25, 0.3) is 0 Å². The highest BCUT2D eigenvalue weighted by atomic mass is 14.6. The smallest absolute Gasteiger partial charge is 0.0956 e. The van der Waals surface area contributed by atoms with E-state index in [2.05, 4.69) is 6.07 Å². The maximum atomic E-state index is 8.51. The number of nitrogens with zero attached hydrogens (tertiary/aromatic N) is 1. The Kier molecular flexibility index (Phi) is 2.70. The number of hydrogen-bond donors (Lipinski definition) is 1. The summed E-state index contributed by atoms with van der Waals surface area (Å²) in [5.74, 6) is 0.485. The highest BCUT2D eigenvalue weighted by Gasteiger charge is 2.19. The van der Waals surface area contributed by atoms with Gasteiger partial charge in [-0.2, -0.15) is 5.26 Å². The van der Waals surface area contributed by atoms with Crippen LogP contribution in [0.1, 0.15) is 32.1 Å².